The predicted octanol–water partition coefficient (Wildman–Crippen LogP) is 3.65. The van der Waals surface area contributed by atoms with Gasteiger partial charge in [0.05, 0.1) is 0 Å². The van der Waals surface area contributed by atoms with Gasteiger partial charge in [0.1, 0.15) is 0 Å². The summed E-state index contributed by atoms with van der Waals surface area (Å²) in [7, 11) is 1.81. The second-order valence-corrected chi connectivity index (χ2v) is 4.80. The van der Waals surface area contributed by atoms with Crippen molar-refractivity contribution in [2.45, 2.75) is 39.5 Å². The number of rotatable bonds is 7. The van der Waals surface area contributed by atoms with Crippen LogP contribution in [0.25, 0.3) is 0 Å². The molecule has 1 rings (SSSR count). The zero-order valence-electron chi connectivity index (χ0n) is 9.88. The molecule has 1 aliphatic rings. The highest BCUT2D eigenvalue weighted by Gasteiger charge is 2.58. The molecule has 1 fully saturated rings. The topological polar surface area (TPSA) is 9.23 Å². The highest BCUT2D eigenvalue weighted by molar-refractivity contribution is 5.09. The lowest BCUT2D eigenvalue weighted by Crippen LogP contribution is -2.02. The van der Waals surface area contributed by atoms with Gasteiger partial charge in [-0.3, -0.25) is 0 Å². The van der Waals surface area contributed by atoms with Gasteiger partial charge < -0.3 is 4.74 Å². The van der Waals surface area contributed by atoms with E-state index in [1.165, 1.54) is 19.3 Å². The van der Waals surface area contributed by atoms with Crippen LogP contribution in [0.15, 0.2) is 12.7 Å². The van der Waals surface area contributed by atoms with Gasteiger partial charge in [-0.15, -0.1) is 6.58 Å². The molecule has 1 nitrogen and oxygen atoms in total. The van der Waals surface area contributed by atoms with Crippen LogP contribution in [-0.4, -0.2) is 13.7 Å². The molecule has 3 atom stereocenters. The maximum atomic E-state index is 5.28. The van der Waals surface area contributed by atoms with Crippen LogP contribution in [0, 0.1) is 17.3 Å². The van der Waals surface area contributed by atoms with Crippen molar-refractivity contribution in [2.75, 3.05) is 13.7 Å². The van der Waals surface area contributed by atoms with Crippen LogP contribution in [-0.2, 0) is 4.74 Å². The lowest BCUT2D eigenvalue weighted by Gasteiger charge is -2.10. The molecule has 14 heavy (non-hydrogen) atoms. The van der Waals surface area contributed by atoms with Crippen LogP contribution in [0.2, 0.25) is 0 Å². The number of unbranched alkanes of at least 4 members (excludes halogenated alkanes) is 1. The van der Waals surface area contributed by atoms with E-state index in [4.69, 9.17) is 4.74 Å². The van der Waals surface area contributed by atoms with E-state index in [1.54, 1.807) is 0 Å². The summed E-state index contributed by atoms with van der Waals surface area (Å²) in [5.41, 5.74) is 0.542. The Morgan fingerprint density at radius 2 is 2.14 bits per heavy atom. The summed E-state index contributed by atoms with van der Waals surface area (Å²) in [5.74, 6) is 1.60. The molecule has 82 valence electrons. The van der Waals surface area contributed by atoms with Gasteiger partial charge in [-0.05, 0) is 30.1 Å². The van der Waals surface area contributed by atoms with Crippen molar-refractivity contribution in [3.63, 3.8) is 0 Å². The standard InChI is InChI=1S/C13H24O/c1-5-7-9-13(3)11(8-6-2)12(13)10-14-4/h6,11-12H,2,5,7-10H2,1,3-4H3/t11-,12+,13+/m1/s1. The fourth-order valence-electron chi connectivity index (χ4n) is 2.79. The van der Waals surface area contributed by atoms with E-state index in [0.717, 1.165) is 24.9 Å². The van der Waals surface area contributed by atoms with E-state index < -0.39 is 0 Å². The van der Waals surface area contributed by atoms with E-state index >= 15 is 0 Å². The van der Waals surface area contributed by atoms with Gasteiger partial charge in [0.15, 0.2) is 0 Å². The summed E-state index contributed by atoms with van der Waals surface area (Å²) in [6.45, 7) is 9.45. The van der Waals surface area contributed by atoms with Crippen LogP contribution in [0.1, 0.15) is 39.5 Å². The minimum atomic E-state index is 0.542. The lowest BCUT2D eigenvalue weighted by atomic mass is 9.96. The van der Waals surface area contributed by atoms with Crippen LogP contribution in [0.5, 0.6) is 0 Å². The number of allylic oxidation sites excluding steroid dienone is 1. The minimum absolute atomic E-state index is 0.542. The number of hydrogen-bond acceptors (Lipinski definition) is 1. The molecule has 0 radical (unpaired) electrons. The van der Waals surface area contributed by atoms with Crippen LogP contribution >= 0.6 is 0 Å². The molecule has 0 spiro atoms. The summed E-state index contributed by atoms with van der Waals surface area (Å²) >= 11 is 0. The molecule has 0 amide bonds. The van der Waals surface area contributed by atoms with Gasteiger partial charge in [-0.25, -0.2) is 0 Å². The highest BCUT2D eigenvalue weighted by Crippen LogP contribution is 2.63. The third-order valence-electron chi connectivity index (χ3n) is 3.91. The molecule has 0 aromatic heterocycles. The van der Waals surface area contributed by atoms with E-state index in [-0.39, 0.29) is 0 Å². The van der Waals surface area contributed by atoms with Gasteiger partial charge in [0, 0.05) is 13.7 Å². The van der Waals surface area contributed by atoms with Crippen molar-refractivity contribution in [3.05, 3.63) is 12.7 Å². The second-order valence-electron chi connectivity index (χ2n) is 4.80. The normalized spacial score (nSPS) is 35.6. The number of ether oxygens (including phenoxy) is 1. The number of methoxy groups -OCH3 is 1. The number of hydrogen-bond donors (Lipinski definition) is 0. The Balaban J connectivity index is 2.45. The first-order valence-electron chi connectivity index (χ1n) is 5.80. The van der Waals surface area contributed by atoms with Gasteiger partial charge in [0.2, 0.25) is 0 Å². The summed E-state index contributed by atoms with van der Waals surface area (Å²) in [5, 5.41) is 0. The molecule has 0 N–H and O–H groups in total. The predicted molar refractivity (Wildman–Crippen MR) is 61.3 cm³/mol. The molecule has 0 bridgehead atoms. The smallest absolute Gasteiger partial charge is 0.0498 e. The zero-order chi connectivity index (χ0) is 10.6. The Kier molecular flexibility index (Phi) is 4.18. The molecular weight excluding hydrogens is 172 g/mol. The van der Waals surface area contributed by atoms with Crippen molar-refractivity contribution in [1.82, 2.24) is 0 Å². The molecule has 1 aliphatic carbocycles. The van der Waals surface area contributed by atoms with E-state index in [1.807, 2.05) is 7.11 Å². The minimum Gasteiger partial charge on any atom is -0.384 e. The molecule has 1 heteroatoms. The summed E-state index contributed by atoms with van der Waals surface area (Å²) < 4.78 is 5.28. The zero-order valence-corrected chi connectivity index (χ0v) is 9.88. The maximum Gasteiger partial charge on any atom is 0.0498 e. The Labute approximate surface area is 88.5 Å². The summed E-state index contributed by atoms with van der Waals surface area (Å²) in [4.78, 5) is 0. The average Bonchev–Trinajstić information content (AvgIpc) is 2.71. The maximum absolute atomic E-state index is 5.28. The molecule has 0 unspecified atom stereocenters. The van der Waals surface area contributed by atoms with Crippen LogP contribution in [0.4, 0.5) is 0 Å². The first-order valence-corrected chi connectivity index (χ1v) is 5.80. The van der Waals surface area contributed by atoms with Crippen LogP contribution in [0.3, 0.4) is 0 Å². The Hall–Kier alpha value is -0.300. The fourth-order valence-corrected chi connectivity index (χ4v) is 2.79. The van der Waals surface area contributed by atoms with Gasteiger partial charge in [0.25, 0.3) is 0 Å². The van der Waals surface area contributed by atoms with E-state index in [0.29, 0.717) is 5.41 Å². The van der Waals surface area contributed by atoms with Crippen molar-refractivity contribution in [3.8, 4) is 0 Å². The molecule has 0 heterocycles. The molecule has 0 aromatic carbocycles. The first kappa shape index (κ1) is 11.8. The third kappa shape index (κ3) is 2.20. The molecule has 0 aromatic rings. The second kappa shape index (κ2) is 4.97. The Morgan fingerprint density at radius 3 is 2.64 bits per heavy atom. The van der Waals surface area contributed by atoms with E-state index in [9.17, 15) is 0 Å². The molecular formula is C13H24O. The van der Waals surface area contributed by atoms with Gasteiger partial charge in [-0.1, -0.05) is 32.8 Å². The van der Waals surface area contributed by atoms with Crippen molar-refractivity contribution < 1.29 is 4.74 Å². The molecule has 1 saturated carbocycles. The van der Waals surface area contributed by atoms with Gasteiger partial charge in [-0.2, -0.15) is 0 Å². The summed E-state index contributed by atoms with van der Waals surface area (Å²) in [6.07, 6.45) is 7.23. The monoisotopic (exact) mass is 196 g/mol. The highest BCUT2D eigenvalue weighted by atomic mass is 16.5. The lowest BCUT2D eigenvalue weighted by molar-refractivity contribution is 0.169. The molecule has 0 saturated heterocycles. The van der Waals surface area contributed by atoms with Crippen LogP contribution < -0.4 is 0 Å². The Bertz CT molecular complexity index is 188. The van der Waals surface area contributed by atoms with E-state index in [2.05, 4.69) is 26.5 Å². The first-order chi connectivity index (χ1) is 6.70. The van der Waals surface area contributed by atoms with Crippen molar-refractivity contribution >= 4 is 0 Å². The largest absolute Gasteiger partial charge is 0.384 e. The Morgan fingerprint density at radius 1 is 1.43 bits per heavy atom. The fraction of sp³-hybridized carbons (Fsp3) is 0.846. The van der Waals surface area contributed by atoms with Gasteiger partial charge >= 0.3 is 0 Å². The SMILES string of the molecule is C=CC[C@@H]1[C@H](COC)[C@@]1(C)CCCC. The quantitative estimate of drug-likeness (QED) is 0.565. The summed E-state index contributed by atoms with van der Waals surface area (Å²) in [6, 6.07) is 0. The molecule has 0 aliphatic heterocycles. The average molecular weight is 196 g/mol. The van der Waals surface area contributed by atoms with Crippen molar-refractivity contribution in [1.29, 1.82) is 0 Å². The third-order valence-corrected chi connectivity index (χ3v) is 3.91. The van der Waals surface area contributed by atoms with Crippen molar-refractivity contribution in [2.24, 2.45) is 17.3 Å².